The maximum atomic E-state index is 12.5. The molecule has 0 radical (unpaired) electrons. The summed E-state index contributed by atoms with van der Waals surface area (Å²) in [5.41, 5.74) is 2.32. The van der Waals surface area contributed by atoms with Crippen LogP contribution < -0.4 is 5.32 Å². The van der Waals surface area contributed by atoms with E-state index < -0.39 is 0 Å². The molecule has 1 unspecified atom stereocenters. The highest BCUT2D eigenvalue weighted by Crippen LogP contribution is 2.33. The fraction of sp³-hybridized carbons (Fsp3) is 0.706. The molecular formula is C17H25NOS. The molecule has 0 bridgehead atoms. The van der Waals surface area contributed by atoms with Crippen molar-refractivity contribution in [2.24, 2.45) is 5.92 Å². The van der Waals surface area contributed by atoms with Gasteiger partial charge in [-0.25, -0.2) is 0 Å². The number of hydrogen-bond donors (Lipinski definition) is 1. The second kappa shape index (κ2) is 6.30. The Balaban J connectivity index is 1.68. The Hall–Kier alpha value is -0.830. The van der Waals surface area contributed by atoms with E-state index in [1.54, 1.807) is 11.3 Å². The van der Waals surface area contributed by atoms with Crippen LogP contribution >= 0.6 is 11.3 Å². The third-order valence-electron chi connectivity index (χ3n) is 4.84. The first-order chi connectivity index (χ1) is 9.74. The molecule has 0 spiro atoms. The Morgan fingerprint density at radius 1 is 1.20 bits per heavy atom. The van der Waals surface area contributed by atoms with Gasteiger partial charge in [0.05, 0.1) is 5.56 Å². The Kier molecular flexibility index (Phi) is 4.45. The van der Waals surface area contributed by atoms with Crippen molar-refractivity contribution in [1.29, 1.82) is 0 Å². The predicted octanol–water partition coefficient (Wildman–Crippen LogP) is 4.33. The monoisotopic (exact) mass is 291 g/mol. The molecule has 0 aromatic carbocycles. The summed E-state index contributed by atoms with van der Waals surface area (Å²) in [6, 6.07) is 0.406. The summed E-state index contributed by atoms with van der Waals surface area (Å²) in [6.07, 6.45) is 11.0. The van der Waals surface area contributed by atoms with Crippen molar-refractivity contribution in [3.8, 4) is 0 Å². The van der Waals surface area contributed by atoms with Crippen LogP contribution in [0.2, 0.25) is 0 Å². The molecule has 2 aliphatic carbocycles. The van der Waals surface area contributed by atoms with Crippen LogP contribution in [-0.2, 0) is 12.8 Å². The largest absolute Gasteiger partial charge is 0.349 e. The van der Waals surface area contributed by atoms with Gasteiger partial charge in [0.25, 0.3) is 5.91 Å². The Labute approximate surface area is 126 Å². The summed E-state index contributed by atoms with van der Waals surface area (Å²) in [7, 11) is 0. The van der Waals surface area contributed by atoms with E-state index in [1.807, 2.05) is 0 Å². The van der Waals surface area contributed by atoms with Crippen molar-refractivity contribution >= 4 is 17.2 Å². The van der Waals surface area contributed by atoms with E-state index in [2.05, 4.69) is 17.6 Å². The molecule has 1 saturated carbocycles. The maximum Gasteiger partial charge on any atom is 0.252 e. The number of amides is 1. The highest BCUT2D eigenvalue weighted by Gasteiger charge is 2.24. The number of carbonyl (C=O) groups is 1. The second-order valence-electron chi connectivity index (χ2n) is 6.56. The third-order valence-corrected chi connectivity index (χ3v) is 5.89. The Morgan fingerprint density at radius 2 is 1.95 bits per heavy atom. The lowest BCUT2D eigenvalue weighted by Crippen LogP contribution is -2.34. The molecule has 1 atom stereocenters. The number of thiophene rings is 1. The molecule has 1 amide bonds. The summed E-state index contributed by atoms with van der Waals surface area (Å²) in [4.78, 5) is 14.0. The lowest BCUT2D eigenvalue weighted by atomic mass is 9.88. The van der Waals surface area contributed by atoms with Gasteiger partial charge in [-0.1, -0.05) is 32.6 Å². The van der Waals surface area contributed by atoms with Gasteiger partial charge in [0.1, 0.15) is 0 Å². The molecular weight excluding hydrogens is 266 g/mol. The average Bonchev–Trinajstić information content (AvgIpc) is 2.67. The number of hydrogen-bond acceptors (Lipinski definition) is 2. The van der Waals surface area contributed by atoms with E-state index in [1.165, 1.54) is 42.5 Å². The van der Waals surface area contributed by atoms with Crippen LogP contribution in [-0.4, -0.2) is 11.9 Å². The molecule has 1 aromatic heterocycles. The van der Waals surface area contributed by atoms with Gasteiger partial charge >= 0.3 is 0 Å². The smallest absolute Gasteiger partial charge is 0.252 e. The molecule has 0 saturated heterocycles. The van der Waals surface area contributed by atoms with E-state index in [9.17, 15) is 4.79 Å². The van der Waals surface area contributed by atoms with Crippen molar-refractivity contribution in [1.82, 2.24) is 5.32 Å². The highest BCUT2D eigenvalue weighted by molar-refractivity contribution is 7.10. The molecule has 1 aromatic rings. The lowest BCUT2D eigenvalue weighted by Gasteiger charge is -2.20. The molecule has 3 rings (SSSR count). The zero-order valence-electron chi connectivity index (χ0n) is 12.4. The van der Waals surface area contributed by atoms with Gasteiger partial charge in [0, 0.05) is 16.3 Å². The quantitative estimate of drug-likeness (QED) is 0.808. The summed E-state index contributed by atoms with van der Waals surface area (Å²) in [5, 5.41) is 5.38. The van der Waals surface area contributed by atoms with Gasteiger partial charge in [-0.3, -0.25) is 4.79 Å². The van der Waals surface area contributed by atoms with Crippen molar-refractivity contribution in [3.63, 3.8) is 0 Å². The topological polar surface area (TPSA) is 29.1 Å². The fourth-order valence-corrected chi connectivity index (χ4v) is 4.80. The minimum absolute atomic E-state index is 0.184. The zero-order valence-corrected chi connectivity index (χ0v) is 13.2. The van der Waals surface area contributed by atoms with Gasteiger partial charge in [-0.05, 0) is 43.6 Å². The van der Waals surface area contributed by atoms with E-state index >= 15 is 0 Å². The van der Waals surface area contributed by atoms with Crippen LogP contribution in [0.1, 0.15) is 72.7 Å². The minimum atomic E-state index is 0.184. The van der Waals surface area contributed by atoms with E-state index in [-0.39, 0.29) is 5.91 Å². The highest BCUT2D eigenvalue weighted by atomic mass is 32.1. The Bertz CT molecular complexity index is 471. The van der Waals surface area contributed by atoms with E-state index in [4.69, 9.17) is 0 Å². The number of carbonyl (C=O) groups excluding carboxylic acids is 1. The fourth-order valence-electron chi connectivity index (χ4n) is 3.55. The van der Waals surface area contributed by atoms with Crippen molar-refractivity contribution < 1.29 is 4.79 Å². The van der Waals surface area contributed by atoms with Crippen molar-refractivity contribution in [2.75, 3.05) is 0 Å². The molecule has 1 fully saturated rings. The molecule has 2 nitrogen and oxygen atoms in total. The molecule has 20 heavy (non-hydrogen) atoms. The first kappa shape index (κ1) is 14.1. The van der Waals surface area contributed by atoms with E-state index in [0.29, 0.717) is 6.04 Å². The molecule has 2 aliphatic rings. The van der Waals surface area contributed by atoms with Gasteiger partial charge in [0.15, 0.2) is 0 Å². The summed E-state index contributed by atoms with van der Waals surface area (Å²) < 4.78 is 0. The first-order valence-corrected chi connectivity index (χ1v) is 9.02. The van der Waals surface area contributed by atoms with Crippen LogP contribution in [0.5, 0.6) is 0 Å². The standard InChI is InChI=1S/C17H25NOS/c1-12-8-9-14-15(11-20-16(14)10-12)17(19)18-13-6-4-2-3-5-7-13/h11-13H,2-10H2,1H3,(H,18,19). The van der Waals surface area contributed by atoms with Crippen LogP contribution in [0, 0.1) is 5.92 Å². The van der Waals surface area contributed by atoms with E-state index in [0.717, 1.165) is 37.2 Å². The first-order valence-electron chi connectivity index (χ1n) is 8.14. The molecule has 3 heteroatoms. The summed E-state index contributed by atoms with van der Waals surface area (Å²) >= 11 is 1.79. The second-order valence-corrected chi connectivity index (χ2v) is 7.53. The van der Waals surface area contributed by atoms with Gasteiger partial charge in [-0.2, -0.15) is 0 Å². The zero-order chi connectivity index (χ0) is 13.9. The molecule has 110 valence electrons. The molecule has 0 aliphatic heterocycles. The minimum Gasteiger partial charge on any atom is -0.349 e. The maximum absolute atomic E-state index is 12.5. The SMILES string of the molecule is CC1CCc2c(C(=O)NC3CCCCCC3)csc2C1. The molecule has 1 N–H and O–H groups in total. The Morgan fingerprint density at radius 3 is 2.70 bits per heavy atom. The summed E-state index contributed by atoms with van der Waals surface area (Å²) in [5.74, 6) is 0.961. The number of nitrogens with one attached hydrogen (secondary N) is 1. The van der Waals surface area contributed by atoms with Crippen LogP contribution in [0.25, 0.3) is 0 Å². The normalized spacial score (nSPS) is 23.9. The van der Waals surface area contributed by atoms with Gasteiger partial charge < -0.3 is 5.32 Å². The molecule has 1 heterocycles. The van der Waals surface area contributed by atoms with Crippen molar-refractivity contribution in [3.05, 3.63) is 21.4 Å². The van der Waals surface area contributed by atoms with Crippen molar-refractivity contribution in [2.45, 2.75) is 70.8 Å². The predicted molar refractivity (Wildman–Crippen MR) is 84.5 cm³/mol. The van der Waals surface area contributed by atoms with Crippen LogP contribution in [0.4, 0.5) is 0 Å². The van der Waals surface area contributed by atoms with Gasteiger partial charge in [-0.15, -0.1) is 11.3 Å². The van der Waals surface area contributed by atoms with Gasteiger partial charge in [0.2, 0.25) is 0 Å². The summed E-state index contributed by atoms with van der Waals surface area (Å²) in [6.45, 7) is 2.31. The van der Waals surface area contributed by atoms with Crippen LogP contribution in [0.3, 0.4) is 0 Å². The number of rotatable bonds is 2. The lowest BCUT2D eigenvalue weighted by molar-refractivity contribution is 0.0932. The average molecular weight is 291 g/mol. The third kappa shape index (κ3) is 3.08. The number of fused-ring (bicyclic) bond motifs is 1. The van der Waals surface area contributed by atoms with Crippen LogP contribution in [0.15, 0.2) is 5.38 Å².